The van der Waals surface area contributed by atoms with E-state index in [1.165, 1.54) is 11.1 Å². The van der Waals surface area contributed by atoms with E-state index in [0.717, 1.165) is 64.1 Å². The molecule has 1 amide bonds. The lowest BCUT2D eigenvalue weighted by molar-refractivity contribution is -0.122. The van der Waals surface area contributed by atoms with Crippen molar-refractivity contribution in [3.8, 4) is 5.75 Å². The van der Waals surface area contributed by atoms with Crippen molar-refractivity contribution in [3.63, 3.8) is 0 Å². The van der Waals surface area contributed by atoms with Crippen molar-refractivity contribution in [2.24, 2.45) is 0 Å². The molecule has 3 heterocycles. The first-order valence-corrected chi connectivity index (χ1v) is 12.1. The molecule has 5 heteroatoms. The van der Waals surface area contributed by atoms with Crippen LogP contribution in [0.4, 0.5) is 0 Å². The Morgan fingerprint density at radius 2 is 1.91 bits per heavy atom. The van der Waals surface area contributed by atoms with Crippen LogP contribution in [0.2, 0.25) is 0 Å². The summed E-state index contributed by atoms with van der Waals surface area (Å²) in [5, 5.41) is 3.47. The van der Waals surface area contributed by atoms with Gasteiger partial charge < -0.3 is 14.8 Å². The van der Waals surface area contributed by atoms with Gasteiger partial charge in [0.05, 0.1) is 11.6 Å². The van der Waals surface area contributed by atoms with E-state index in [4.69, 9.17) is 9.47 Å². The lowest BCUT2D eigenvalue weighted by Gasteiger charge is -2.35. The Morgan fingerprint density at radius 1 is 1.06 bits per heavy atom. The van der Waals surface area contributed by atoms with Crippen molar-refractivity contribution in [2.45, 2.75) is 62.6 Å². The molecule has 3 atom stereocenters. The van der Waals surface area contributed by atoms with Gasteiger partial charge in [0.2, 0.25) is 5.91 Å². The first kappa shape index (κ1) is 21.5. The number of rotatable bonds is 6. The molecule has 1 spiro atoms. The van der Waals surface area contributed by atoms with E-state index >= 15 is 0 Å². The second kappa shape index (κ2) is 9.63. The van der Waals surface area contributed by atoms with Gasteiger partial charge in [0, 0.05) is 44.1 Å². The van der Waals surface area contributed by atoms with Crippen molar-refractivity contribution in [1.82, 2.24) is 10.2 Å². The molecular weight excluding hydrogens is 400 g/mol. The standard InChI is InChI=1S/C27H34N2O3/c30-26-14-6-7-15-27(28-26)20-29(18-24(27)21-9-2-1-3-10-21)17-22-11-4-5-13-25(22)32-19-23-12-8-16-31-23/h1-5,9-11,13,23-24H,6-8,12,14-20H2,(H,28,30)/t23?,24-,27+/m0/s1. The monoisotopic (exact) mass is 434 g/mol. The van der Waals surface area contributed by atoms with Gasteiger partial charge in [-0.25, -0.2) is 0 Å². The molecule has 0 saturated carbocycles. The van der Waals surface area contributed by atoms with E-state index in [9.17, 15) is 4.79 Å². The number of hydrogen-bond acceptors (Lipinski definition) is 4. The maximum atomic E-state index is 12.6. The lowest BCUT2D eigenvalue weighted by atomic mass is 9.79. The third-order valence-corrected chi connectivity index (χ3v) is 7.30. The van der Waals surface area contributed by atoms with Crippen LogP contribution < -0.4 is 10.1 Å². The number of nitrogens with zero attached hydrogens (tertiary/aromatic N) is 1. The zero-order valence-electron chi connectivity index (χ0n) is 18.8. The van der Waals surface area contributed by atoms with Crippen LogP contribution in [0, 0.1) is 0 Å². The molecule has 32 heavy (non-hydrogen) atoms. The minimum atomic E-state index is -0.192. The molecule has 0 radical (unpaired) electrons. The minimum absolute atomic E-state index is 0.192. The highest BCUT2D eigenvalue weighted by Gasteiger charge is 2.48. The molecule has 3 fully saturated rings. The zero-order chi connectivity index (χ0) is 21.8. The summed E-state index contributed by atoms with van der Waals surface area (Å²) in [5.74, 6) is 1.45. The van der Waals surface area contributed by atoms with Crippen molar-refractivity contribution >= 4 is 5.91 Å². The fraction of sp³-hybridized carbons (Fsp3) is 0.519. The van der Waals surface area contributed by atoms with Crippen LogP contribution in [0.3, 0.4) is 0 Å². The van der Waals surface area contributed by atoms with Gasteiger partial charge in [-0.2, -0.15) is 0 Å². The average molecular weight is 435 g/mol. The number of para-hydroxylation sites is 1. The molecule has 170 valence electrons. The number of benzene rings is 2. The summed E-state index contributed by atoms with van der Waals surface area (Å²) < 4.78 is 11.9. The summed E-state index contributed by atoms with van der Waals surface area (Å²) in [4.78, 5) is 15.1. The molecule has 3 aliphatic heterocycles. The SMILES string of the molecule is O=C1CCCC[C@]2(CN(Cc3ccccc3OCC3CCCO3)C[C@H]2c2ccccc2)N1. The Morgan fingerprint density at radius 3 is 2.75 bits per heavy atom. The number of amides is 1. The van der Waals surface area contributed by atoms with Crippen LogP contribution in [-0.4, -0.2) is 48.8 Å². The smallest absolute Gasteiger partial charge is 0.220 e. The molecular formula is C27H34N2O3. The number of likely N-dealkylation sites (tertiary alicyclic amines) is 1. The Labute approximate surface area is 191 Å². The van der Waals surface area contributed by atoms with Crippen LogP contribution in [0.25, 0.3) is 0 Å². The number of carbonyl (C=O) groups is 1. The van der Waals surface area contributed by atoms with Gasteiger partial charge in [-0.3, -0.25) is 9.69 Å². The Hall–Kier alpha value is -2.37. The second-order valence-electron chi connectivity index (χ2n) is 9.60. The predicted molar refractivity (Wildman–Crippen MR) is 125 cm³/mol. The molecule has 5 rings (SSSR count). The molecule has 5 nitrogen and oxygen atoms in total. The molecule has 0 aromatic heterocycles. The Balaban J connectivity index is 1.35. The Kier molecular flexibility index (Phi) is 6.47. The summed E-state index contributed by atoms with van der Waals surface area (Å²) >= 11 is 0. The third-order valence-electron chi connectivity index (χ3n) is 7.30. The molecule has 1 unspecified atom stereocenters. The lowest BCUT2D eigenvalue weighted by Crippen LogP contribution is -2.52. The van der Waals surface area contributed by atoms with Crippen molar-refractivity contribution in [2.75, 3.05) is 26.3 Å². The molecule has 0 bridgehead atoms. The van der Waals surface area contributed by atoms with Crippen molar-refractivity contribution in [3.05, 3.63) is 65.7 Å². The first-order chi connectivity index (χ1) is 15.7. The molecule has 3 saturated heterocycles. The highest BCUT2D eigenvalue weighted by molar-refractivity contribution is 5.77. The quantitative estimate of drug-likeness (QED) is 0.738. The average Bonchev–Trinajstić information content (AvgIpc) is 3.40. The minimum Gasteiger partial charge on any atom is -0.491 e. The summed E-state index contributed by atoms with van der Waals surface area (Å²) in [6, 6.07) is 19.1. The molecule has 0 aliphatic carbocycles. The molecule has 2 aromatic rings. The first-order valence-electron chi connectivity index (χ1n) is 12.1. The van der Waals surface area contributed by atoms with Gasteiger partial charge in [0.25, 0.3) is 0 Å². The van der Waals surface area contributed by atoms with Gasteiger partial charge in [0.1, 0.15) is 12.4 Å². The molecule has 2 aromatic carbocycles. The maximum Gasteiger partial charge on any atom is 0.220 e. The van der Waals surface area contributed by atoms with E-state index < -0.39 is 0 Å². The Bertz CT molecular complexity index is 912. The summed E-state index contributed by atoms with van der Waals surface area (Å²) in [6.45, 7) is 4.09. The van der Waals surface area contributed by atoms with Gasteiger partial charge >= 0.3 is 0 Å². The van der Waals surface area contributed by atoms with Crippen LogP contribution in [0.1, 0.15) is 55.6 Å². The topological polar surface area (TPSA) is 50.8 Å². The molecule has 1 N–H and O–H groups in total. The number of hydrogen-bond donors (Lipinski definition) is 1. The van der Waals surface area contributed by atoms with Gasteiger partial charge in [-0.05, 0) is 37.3 Å². The van der Waals surface area contributed by atoms with Crippen LogP contribution in [0.15, 0.2) is 54.6 Å². The maximum absolute atomic E-state index is 12.6. The predicted octanol–water partition coefficient (Wildman–Crippen LogP) is 4.27. The number of ether oxygens (including phenoxy) is 2. The number of nitrogens with one attached hydrogen (secondary N) is 1. The zero-order valence-corrected chi connectivity index (χ0v) is 18.8. The van der Waals surface area contributed by atoms with E-state index in [0.29, 0.717) is 18.9 Å². The third kappa shape index (κ3) is 4.69. The summed E-state index contributed by atoms with van der Waals surface area (Å²) in [7, 11) is 0. The summed E-state index contributed by atoms with van der Waals surface area (Å²) in [6.07, 6.45) is 6.16. The van der Waals surface area contributed by atoms with Crippen LogP contribution in [-0.2, 0) is 16.1 Å². The largest absolute Gasteiger partial charge is 0.491 e. The van der Waals surface area contributed by atoms with Crippen LogP contribution >= 0.6 is 0 Å². The fourth-order valence-corrected chi connectivity index (χ4v) is 5.72. The van der Waals surface area contributed by atoms with Crippen molar-refractivity contribution < 1.29 is 14.3 Å². The summed E-state index contributed by atoms with van der Waals surface area (Å²) in [5.41, 5.74) is 2.33. The fourth-order valence-electron chi connectivity index (χ4n) is 5.72. The normalized spacial score (nSPS) is 28.6. The van der Waals surface area contributed by atoms with Crippen LogP contribution in [0.5, 0.6) is 5.75 Å². The highest BCUT2D eigenvalue weighted by atomic mass is 16.5. The molecule has 3 aliphatic rings. The van der Waals surface area contributed by atoms with Gasteiger partial charge in [-0.1, -0.05) is 55.0 Å². The van der Waals surface area contributed by atoms with E-state index in [1.807, 2.05) is 6.07 Å². The van der Waals surface area contributed by atoms with E-state index in [1.54, 1.807) is 0 Å². The second-order valence-corrected chi connectivity index (χ2v) is 9.60. The van der Waals surface area contributed by atoms with E-state index in [2.05, 4.69) is 58.7 Å². The number of carbonyl (C=O) groups excluding carboxylic acids is 1. The highest BCUT2D eigenvalue weighted by Crippen LogP contribution is 2.41. The van der Waals surface area contributed by atoms with E-state index in [-0.39, 0.29) is 17.6 Å². The van der Waals surface area contributed by atoms with Crippen molar-refractivity contribution in [1.29, 1.82) is 0 Å². The van der Waals surface area contributed by atoms with Gasteiger partial charge in [0.15, 0.2) is 0 Å². The van der Waals surface area contributed by atoms with Gasteiger partial charge in [-0.15, -0.1) is 0 Å².